The third kappa shape index (κ3) is 5.34. The normalized spacial score (nSPS) is 10.7. The minimum absolute atomic E-state index is 0.327. The molecular weight excluding hydrogens is 312 g/mol. The predicted octanol–water partition coefficient (Wildman–Crippen LogP) is 3.57. The molecule has 1 N–H and O–H groups in total. The van der Waals surface area contributed by atoms with Crippen LogP contribution < -0.4 is 5.32 Å². The van der Waals surface area contributed by atoms with E-state index in [1.54, 1.807) is 6.08 Å². The second kappa shape index (κ2) is 8.24. The number of amides is 1. The molecule has 0 fully saturated rings. The summed E-state index contributed by atoms with van der Waals surface area (Å²) >= 11 is 1.33. The lowest BCUT2D eigenvalue weighted by Gasteiger charge is -2.02. The Labute approximate surface area is 139 Å². The molecule has 0 unspecified atom stereocenters. The van der Waals surface area contributed by atoms with E-state index in [0.29, 0.717) is 5.13 Å². The molecule has 0 aliphatic carbocycles. The Morgan fingerprint density at radius 2 is 2.04 bits per heavy atom. The maximum absolute atomic E-state index is 11.7. The van der Waals surface area contributed by atoms with Crippen LogP contribution in [0.4, 0.5) is 5.13 Å². The van der Waals surface area contributed by atoms with Crippen molar-refractivity contribution < 1.29 is 14.3 Å². The number of rotatable bonds is 6. The van der Waals surface area contributed by atoms with Gasteiger partial charge in [-0.15, -0.1) is 11.3 Å². The van der Waals surface area contributed by atoms with Crippen LogP contribution in [0.3, 0.4) is 0 Å². The monoisotopic (exact) mass is 330 g/mol. The molecule has 120 valence electrons. The maximum atomic E-state index is 11.7. The highest BCUT2D eigenvalue weighted by Crippen LogP contribution is 2.24. The molecule has 23 heavy (non-hydrogen) atoms. The van der Waals surface area contributed by atoms with Gasteiger partial charge in [-0.2, -0.15) is 0 Å². The van der Waals surface area contributed by atoms with Gasteiger partial charge in [-0.1, -0.05) is 42.8 Å². The average molecular weight is 330 g/mol. The molecule has 1 aromatic carbocycles. The van der Waals surface area contributed by atoms with Crippen molar-refractivity contribution in [2.75, 3.05) is 11.9 Å². The van der Waals surface area contributed by atoms with E-state index in [-0.39, 0.29) is 6.61 Å². The third-order valence-electron chi connectivity index (χ3n) is 2.93. The zero-order chi connectivity index (χ0) is 16.7. The summed E-state index contributed by atoms with van der Waals surface area (Å²) in [6, 6.07) is 7.99. The van der Waals surface area contributed by atoms with Crippen molar-refractivity contribution in [2.24, 2.45) is 0 Å². The number of nitrogens with zero attached hydrogens (tertiary/aromatic N) is 1. The molecule has 2 aromatic rings. The fraction of sp³-hybridized carbons (Fsp3) is 0.235. The van der Waals surface area contributed by atoms with Crippen LogP contribution in [0.5, 0.6) is 0 Å². The lowest BCUT2D eigenvalue weighted by molar-refractivity contribution is -0.142. The van der Waals surface area contributed by atoms with Crippen LogP contribution in [0.25, 0.3) is 11.3 Å². The average Bonchev–Trinajstić information content (AvgIpc) is 3.00. The fourth-order valence-corrected chi connectivity index (χ4v) is 2.48. The number of aryl methyl sites for hydroxylation is 1. The Kier molecular flexibility index (Phi) is 6.05. The van der Waals surface area contributed by atoms with Crippen LogP contribution in [-0.2, 0) is 14.3 Å². The molecule has 5 nitrogen and oxygen atoms in total. The van der Waals surface area contributed by atoms with E-state index in [1.165, 1.54) is 23.0 Å². The van der Waals surface area contributed by atoms with Crippen LogP contribution in [-0.4, -0.2) is 23.5 Å². The van der Waals surface area contributed by atoms with Crippen molar-refractivity contribution >= 4 is 28.3 Å². The fourth-order valence-electron chi connectivity index (χ4n) is 1.74. The number of allylic oxidation sites excluding steroid dienone is 1. The van der Waals surface area contributed by atoms with E-state index in [1.807, 2.05) is 43.5 Å². The molecule has 1 aromatic heterocycles. The molecule has 0 saturated carbocycles. The van der Waals surface area contributed by atoms with Gasteiger partial charge in [0.1, 0.15) is 0 Å². The molecule has 6 heteroatoms. The number of benzene rings is 1. The maximum Gasteiger partial charge on any atom is 0.330 e. The summed E-state index contributed by atoms with van der Waals surface area (Å²) in [5.41, 5.74) is 2.97. The van der Waals surface area contributed by atoms with Gasteiger partial charge in [-0.05, 0) is 13.3 Å². The van der Waals surface area contributed by atoms with Gasteiger partial charge in [0, 0.05) is 17.0 Å². The summed E-state index contributed by atoms with van der Waals surface area (Å²) in [7, 11) is 0. The number of hydrogen-bond donors (Lipinski definition) is 1. The first kappa shape index (κ1) is 16.9. The van der Waals surface area contributed by atoms with Crippen molar-refractivity contribution in [1.82, 2.24) is 4.98 Å². The Hall–Kier alpha value is -2.47. The number of hydrogen-bond acceptors (Lipinski definition) is 5. The van der Waals surface area contributed by atoms with Crippen LogP contribution in [0.15, 0.2) is 41.8 Å². The first-order valence-electron chi connectivity index (χ1n) is 7.24. The highest BCUT2D eigenvalue weighted by molar-refractivity contribution is 7.14. The molecule has 0 aliphatic rings. The summed E-state index contributed by atoms with van der Waals surface area (Å²) in [5.74, 6) is -0.936. The molecule has 0 saturated heterocycles. The highest BCUT2D eigenvalue weighted by Gasteiger charge is 2.09. The zero-order valence-electron chi connectivity index (χ0n) is 13.0. The molecule has 0 radical (unpaired) electrons. The molecule has 1 amide bonds. The van der Waals surface area contributed by atoms with Crippen molar-refractivity contribution in [3.05, 3.63) is 47.4 Å². The number of esters is 1. The lowest BCUT2D eigenvalue weighted by Crippen LogP contribution is -2.20. The number of thiazole rings is 1. The van der Waals surface area contributed by atoms with E-state index in [0.717, 1.165) is 17.7 Å². The van der Waals surface area contributed by atoms with Gasteiger partial charge >= 0.3 is 5.97 Å². The molecule has 0 atom stereocenters. The number of carbonyl (C=O) groups excluding carboxylic acids is 2. The Morgan fingerprint density at radius 1 is 1.30 bits per heavy atom. The van der Waals surface area contributed by atoms with E-state index < -0.39 is 11.9 Å². The van der Waals surface area contributed by atoms with Gasteiger partial charge in [-0.25, -0.2) is 9.78 Å². The lowest BCUT2D eigenvalue weighted by atomic mass is 10.1. The minimum atomic E-state index is -0.526. The van der Waals surface area contributed by atoms with Crippen molar-refractivity contribution in [2.45, 2.75) is 20.3 Å². The van der Waals surface area contributed by atoms with E-state index >= 15 is 0 Å². The number of anilines is 1. The van der Waals surface area contributed by atoms with E-state index in [2.05, 4.69) is 10.3 Å². The first-order chi connectivity index (χ1) is 11.1. The summed E-state index contributed by atoms with van der Waals surface area (Å²) < 4.78 is 4.82. The van der Waals surface area contributed by atoms with Crippen LogP contribution >= 0.6 is 11.3 Å². The van der Waals surface area contributed by atoms with Crippen molar-refractivity contribution in [3.63, 3.8) is 0 Å². The van der Waals surface area contributed by atoms with Gasteiger partial charge < -0.3 is 4.74 Å². The first-order valence-corrected chi connectivity index (χ1v) is 8.12. The van der Waals surface area contributed by atoms with Gasteiger partial charge in [0.05, 0.1) is 5.69 Å². The Balaban J connectivity index is 1.89. The summed E-state index contributed by atoms with van der Waals surface area (Å²) in [4.78, 5) is 27.4. The second-order valence-electron chi connectivity index (χ2n) is 4.87. The smallest absolute Gasteiger partial charge is 0.330 e. The van der Waals surface area contributed by atoms with Crippen LogP contribution in [0.1, 0.15) is 18.9 Å². The molecule has 0 bridgehead atoms. The third-order valence-corrected chi connectivity index (χ3v) is 3.69. The number of carbonyl (C=O) groups is 2. The molecule has 1 heterocycles. The molecule has 2 rings (SSSR count). The predicted molar refractivity (Wildman–Crippen MR) is 91.3 cm³/mol. The SMILES string of the molecule is CC/C=C/C(=O)OCC(=O)Nc1nc(-c2ccc(C)cc2)cs1. The molecular formula is C17H18N2O3S. The number of aromatic nitrogens is 1. The number of nitrogens with one attached hydrogen (secondary N) is 1. The van der Waals surface area contributed by atoms with E-state index in [4.69, 9.17) is 4.74 Å². The highest BCUT2D eigenvalue weighted by atomic mass is 32.1. The quantitative estimate of drug-likeness (QED) is 0.649. The summed E-state index contributed by atoms with van der Waals surface area (Å²) in [6.07, 6.45) is 3.73. The largest absolute Gasteiger partial charge is 0.452 e. The Bertz CT molecular complexity index is 705. The van der Waals surface area contributed by atoms with Crippen LogP contribution in [0.2, 0.25) is 0 Å². The van der Waals surface area contributed by atoms with Gasteiger partial charge in [0.2, 0.25) is 0 Å². The van der Waals surface area contributed by atoms with Gasteiger partial charge in [0.25, 0.3) is 5.91 Å². The van der Waals surface area contributed by atoms with Crippen LogP contribution in [0, 0.1) is 6.92 Å². The van der Waals surface area contributed by atoms with Gasteiger partial charge in [-0.3, -0.25) is 10.1 Å². The van der Waals surface area contributed by atoms with Gasteiger partial charge in [0.15, 0.2) is 11.7 Å². The topological polar surface area (TPSA) is 68.3 Å². The van der Waals surface area contributed by atoms with Crippen molar-refractivity contribution in [3.8, 4) is 11.3 Å². The Morgan fingerprint density at radius 3 is 2.74 bits per heavy atom. The second-order valence-corrected chi connectivity index (χ2v) is 5.73. The van der Waals surface area contributed by atoms with E-state index in [9.17, 15) is 9.59 Å². The molecule has 0 aliphatic heterocycles. The standard InChI is InChI=1S/C17H18N2O3S/c1-3-4-5-16(21)22-10-15(20)19-17-18-14(11-23-17)13-8-6-12(2)7-9-13/h4-9,11H,3,10H2,1-2H3,(H,18,19,20)/b5-4+. The number of ether oxygens (including phenoxy) is 1. The summed E-state index contributed by atoms with van der Waals surface area (Å²) in [5, 5.41) is 4.97. The minimum Gasteiger partial charge on any atom is -0.452 e. The summed E-state index contributed by atoms with van der Waals surface area (Å²) in [6.45, 7) is 3.60. The zero-order valence-corrected chi connectivity index (χ0v) is 13.9. The van der Waals surface area contributed by atoms with Crippen molar-refractivity contribution in [1.29, 1.82) is 0 Å². The molecule has 0 spiro atoms.